The number of aromatic nitrogens is 2. The highest BCUT2D eigenvalue weighted by atomic mass is 16.3. The van der Waals surface area contributed by atoms with Gasteiger partial charge < -0.3 is 15.3 Å². The number of aliphatic hydroxyl groups is 1. The van der Waals surface area contributed by atoms with Gasteiger partial charge in [-0.3, -0.25) is 14.0 Å². The molecule has 32 heavy (non-hydrogen) atoms. The summed E-state index contributed by atoms with van der Waals surface area (Å²) in [6.45, 7) is 3.31. The van der Waals surface area contributed by atoms with Crippen LogP contribution in [0.2, 0.25) is 0 Å². The number of carbonyl (C=O) groups excluding carboxylic acids is 2. The van der Waals surface area contributed by atoms with Crippen LogP contribution in [0.15, 0.2) is 24.4 Å². The summed E-state index contributed by atoms with van der Waals surface area (Å²) in [5.74, 6) is 2.26. The molecule has 170 valence electrons. The molecule has 0 aromatic carbocycles. The van der Waals surface area contributed by atoms with E-state index in [0.717, 1.165) is 24.3 Å². The van der Waals surface area contributed by atoms with Gasteiger partial charge in [0.1, 0.15) is 17.0 Å². The number of amides is 2. The van der Waals surface area contributed by atoms with E-state index in [2.05, 4.69) is 10.3 Å². The van der Waals surface area contributed by atoms with Crippen LogP contribution in [0.1, 0.15) is 72.8 Å². The predicted molar refractivity (Wildman–Crippen MR) is 119 cm³/mol. The quantitative estimate of drug-likeness (QED) is 0.772. The van der Waals surface area contributed by atoms with Gasteiger partial charge in [-0.25, -0.2) is 4.98 Å². The lowest BCUT2D eigenvalue weighted by Crippen LogP contribution is -2.51. The molecule has 7 heteroatoms. The van der Waals surface area contributed by atoms with Crippen molar-refractivity contribution in [1.82, 2.24) is 19.6 Å². The summed E-state index contributed by atoms with van der Waals surface area (Å²) in [6, 6.07) is 5.42. The van der Waals surface area contributed by atoms with Gasteiger partial charge in [0.2, 0.25) is 0 Å². The molecule has 5 aliphatic rings. The first kappa shape index (κ1) is 20.2. The number of carbonyl (C=O) groups is 2. The van der Waals surface area contributed by atoms with Crippen molar-refractivity contribution in [3.63, 3.8) is 0 Å². The summed E-state index contributed by atoms with van der Waals surface area (Å²) in [4.78, 5) is 32.2. The zero-order chi connectivity index (χ0) is 22.1. The molecule has 1 atom stereocenters. The third-order valence-corrected chi connectivity index (χ3v) is 8.47. The van der Waals surface area contributed by atoms with E-state index in [1.165, 1.54) is 38.5 Å². The summed E-state index contributed by atoms with van der Waals surface area (Å²) in [5.41, 5.74) is 0.830. The lowest BCUT2D eigenvalue weighted by molar-refractivity contribution is -0.0503. The van der Waals surface area contributed by atoms with Gasteiger partial charge in [-0.05, 0) is 87.2 Å². The topological polar surface area (TPSA) is 86.9 Å². The van der Waals surface area contributed by atoms with E-state index < -0.39 is 5.60 Å². The number of nitrogens with one attached hydrogen (secondary N) is 1. The highest BCUT2D eigenvalue weighted by molar-refractivity contribution is 5.95. The summed E-state index contributed by atoms with van der Waals surface area (Å²) in [5, 5.41) is 13.4. The number of rotatable bonds is 4. The van der Waals surface area contributed by atoms with Crippen molar-refractivity contribution in [2.75, 3.05) is 19.6 Å². The molecule has 1 saturated heterocycles. The molecule has 0 spiro atoms. The lowest BCUT2D eigenvalue weighted by atomic mass is 9.49. The molecule has 7 rings (SSSR count). The smallest absolute Gasteiger partial charge is 0.274 e. The molecular formula is C25H32N4O3. The average molecular weight is 437 g/mol. The van der Waals surface area contributed by atoms with E-state index in [-0.39, 0.29) is 17.2 Å². The first-order valence-electron chi connectivity index (χ1n) is 12.1. The zero-order valence-electron chi connectivity index (χ0n) is 18.7. The summed E-state index contributed by atoms with van der Waals surface area (Å²) in [6.07, 6.45) is 10.2. The second kappa shape index (κ2) is 7.04. The van der Waals surface area contributed by atoms with Crippen LogP contribution in [-0.2, 0) is 0 Å². The van der Waals surface area contributed by atoms with E-state index in [1.54, 1.807) is 28.5 Å². The van der Waals surface area contributed by atoms with Crippen molar-refractivity contribution in [2.45, 2.75) is 57.5 Å². The fourth-order valence-electron chi connectivity index (χ4n) is 7.44. The first-order valence-corrected chi connectivity index (χ1v) is 12.1. The molecule has 1 aliphatic heterocycles. The van der Waals surface area contributed by atoms with E-state index in [1.807, 2.05) is 12.1 Å². The number of fused-ring (bicyclic) bond motifs is 1. The molecule has 2 amide bonds. The number of hydrogen-bond acceptors (Lipinski definition) is 4. The van der Waals surface area contributed by atoms with Crippen molar-refractivity contribution < 1.29 is 14.7 Å². The Morgan fingerprint density at radius 2 is 1.84 bits per heavy atom. The average Bonchev–Trinajstić information content (AvgIpc) is 3.33. The van der Waals surface area contributed by atoms with Crippen LogP contribution in [0, 0.1) is 23.2 Å². The maximum Gasteiger partial charge on any atom is 0.274 e. The van der Waals surface area contributed by atoms with Crippen LogP contribution in [0.4, 0.5) is 0 Å². The Bertz CT molecular complexity index is 1050. The van der Waals surface area contributed by atoms with Crippen LogP contribution >= 0.6 is 0 Å². The number of imidazole rings is 1. The molecular weight excluding hydrogens is 404 g/mol. The lowest BCUT2D eigenvalue weighted by Gasteiger charge is -2.56. The maximum atomic E-state index is 13.2. The number of hydrogen-bond donors (Lipinski definition) is 2. The van der Waals surface area contributed by atoms with Crippen molar-refractivity contribution in [3.05, 3.63) is 35.8 Å². The van der Waals surface area contributed by atoms with Gasteiger partial charge in [-0.2, -0.15) is 0 Å². The SMILES string of the molecule is CC1(O)CCN(C(=O)c2cn3c(C(=O)NCC45CC6CC(CC(C6)C4)C5)cccc3n2)C1. The minimum Gasteiger partial charge on any atom is -0.388 e. The monoisotopic (exact) mass is 436 g/mol. The summed E-state index contributed by atoms with van der Waals surface area (Å²) in [7, 11) is 0. The molecule has 5 fully saturated rings. The molecule has 2 aromatic heterocycles. The highest BCUT2D eigenvalue weighted by Gasteiger charge is 2.50. The number of nitrogens with zero attached hydrogens (tertiary/aromatic N) is 3. The Morgan fingerprint density at radius 1 is 1.16 bits per heavy atom. The van der Waals surface area contributed by atoms with Crippen LogP contribution in [0.5, 0.6) is 0 Å². The number of β-amino-alcohol motifs (C(OH)–C–C–N with tert-alkyl or cyclic N) is 1. The predicted octanol–water partition coefficient (Wildman–Crippen LogP) is 2.88. The molecule has 0 radical (unpaired) electrons. The van der Waals surface area contributed by atoms with Crippen molar-refractivity contribution in [3.8, 4) is 0 Å². The Labute approximate surface area is 188 Å². The molecule has 4 saturated carbocycles. The normalized spacial score (nSPS) is 35.6. The van der Waals surface area contributed by atoms with E-state index in [0.29, 0.717) is 36.5 Å². The van der Waals surface area contributed by atoms with Gasteiger partial charge in [-0.15, -0.1) is 0 Å². The number of pyridine rings is 1. The molecule has 1 unspecified atom stereocenters. The van der Waals surface area contributed by atoms with Crippen LogP contribution in [-0.4, -0.2) is 56.4 Å². The second-order valence-corrected chi connectivity index (χ2v) is 11.3. The Hall–Kier alpha value is -2.41. The highest BCUT2D eigenvalue weighted by Crippen LogP contribution is 2.59. The molecule has 4 bridgehead atoms. The third kappa shape index (κ3) is 3.41. The number of likely N-dealkylation sites (tertiary alicyclic amines) is 1. The van der Waals surface area contributed by atoms with E-state index >= 15 is 0 Å². The standard InChI is InChI=1S/C25H32N4O3/c1-24(32)5-6-28(15-24)23(31)19-13-29-20(3-2-4-21(29)27-19)22(30)26-14-25-10-16-7-17(11-25)9-18(8-16)12-25/h2-4,13,16-18,32H,5-12,14-15H2,1H3,(H,26,30). The van der Waals surface area contributed by atoms with Gasteiger partial charge in [0, 0.05) is 25.8 Å². The largest absolute Gasteiger partial charge is 0.388 e. The molecule has 4 aliphatic carbocycles. The van der Waals surface area contributed by atoms with Crippen LogP contribution in [0.25, 0.3) is 5.65 Å². The molecule has 2 N–H and O–H groups in total. The first-order chi connectivity index (χ1) is 15.3. The van der Waals surface area contributed by atoms with Gasteiger partial charge in [-0.1, -0.05) is 6.07 Å². The maximum absolute atomic E-state index is 13.2. The van der Waals surface area contributed by atoms with Crippen molar-refractivity contribution >= 4 is 17.5 Å². The van der Waals surface area contributed by atoms with Gasteiger partial charge in [0.25, 0.3) is 11.8 Å². The van der Waals surface area contributed by atoms with Gasteiger partial charge in [0.05, 0.1) is 5.60 Å². The van der Waals surface area contributed by atoms with E-state index in [9.17, 15) is 14.7 Å². The Balaban J connectivity index is 1.20. The Kier molecular flexibility index (Phi) is 4.45. The van der Waals surface area contributed by atoms with Crippen molar-refractivity contribution in [1.29, 1.82) is 0 Å². The molecule has 7 nitrogen and oxygen atoms in total. The van der Waals surface area contributed by atoms with Crippen LogP contribution in [0.3, 0.4) is 0 Å². The minimum atomic E-state index is -0.850. The van der Waals surface area contributed by atoms with Gasteiger partial charge >= 0.3 is 0 Å². The van der Waals surface area contributed by atoms with Gasteiger partial charge in [0.15, 0.2) is 0 Å². The van der Waals surface area contributed by atoms with E-state index in [4.69, 9.17) is 0 Å². The second-order valence-electron chi connectivity index (χ2n) is 11.3. The fourth-order valence-corrected chi connectivity index (χ4v) is 7.44. The molecule has 2 aromatic rings. The van der Waals surface area contributed by atoms with Crippen LogP contribution < -0.4 is 5.32 Å². The third-order valence-electron chi connectivity index (χ3n) is 8.47. The van der Waals surface area contributed by atoms with Crippen molar-refractivity contribution in [2.24, 2.45) is 23.2 Å². The molecule has 3 heterocycles. The Morgan fingerprint density at radius 3 is 2.47 bits per heavy atom. The fraction of sp³-hybridized carbons (Fsp3) is 0.640. The summed E-state index contributed by atoms with van der Waals surface area (Å²) >= 11 is 0. The summed E-state index contributed by atoms with van der Waals surface area (Å²) < 4.78 is 1.72. The minimum absolute atomic E-state index is 0.105. The zero-order valence-corrected chi connectivity index (χ0v) is 18.7.